The second kappa shape index (κ2) is 5.80. The van der Waals surface area contributed by atoms with E-state index in [2.05, 4.69) is 15.3 Å². The molecule has 1 aromatic carbocycles. The number of hydrogen-bond acceptors (Lipinski definition) is 3. The lowest BCUT2D eigenvalue weighted by atomic mass is 10.1. The summed E-state index contributed by atoms with van der Waals surface area (Å²) in [6.07, 6.45) is 1.05. The van der Waals surface area contributed by atoms with Crippen LogP contribution in [0, 0.1) is 6.92 Å². The van der Waals surface area contributed by atoms with Crippen LogP contribution in [-0.4, -0.2) is 18.9 Å². The van der Waals surface area contributed by atoms with Gasteiger partial charge >= 0.3 is 6.09 Å². The van der Waals surface area contributed by atoms with Crippen LogP contribution in [-0.2, 0) is 4.74 Å². The minimum Gasteiger partial charge on any atom is -0.449 e. The van der Waals surface area contributed by atoms with Crippen LogP contribution in [0.3, 0.4) is 0 Å². The average Bonchev–Trinajstić information content (AvgIpc) is 2.21. The minimum absolute atomic E-state index is 0.339. The second-order valence-electron chi connectivity index (χ2n) is 2.95. The third kappa shape index (κ3) is 3.81. The summed E-state index contributed by atoms with van der Waals surface area (Å²) in [5.74, 6) is 0. The fourth-order valence-corrected chi connectivity index (χ4v) is 1.05. The van der Waals surface area contributed by atoms with E-state index in [9.17, 15) is 4.79 Å². The number of ether oxygens (including phenoxy) is 1. The van der Waals surface area contributed by atoms with Crippen molar-refractivity contribution in [3.8, 4) is 0 Å². The molecule has 0 aromatic heterocycles. The molecule has 0 spiro atoms. The van der Waals surface area contributed by atoms with Crippen molar-refractivity contribution in [1.29, 1.82) is 0 Å². The van der Waals surface area contributed by atoms with Gasteiger partial charge < -0.3 is 4.74 Å². The second-order valence-corrected chi connectivity index (χ2v) is 2.95. The van der Waals surface area contributed by atoms with Gasteiger partial charge in [0, 0.05) is 0 Å². The standard InChI is InChI=1S/C11H14N2O2/c1-3-15-11(14)13-12-8-10-7-5-4-6-9(10)2/h4-8H,3H2,1-2H3,(H,13,14). The number of rotatable bonds is 3. The maximum absolute atomic E-state index is 10.9. The summed E-state index contributed by atoms with van der Waals surface area (Å²) in [6.45, 7) is 4.06. The van der Waals surface area contributed by atoms with E-state index in [0.29, 0.717) is 6.61 Å². The van der Waals surface area contributed by atoms with E-state index in [-0.39, 0.29) is 0 Å². The number of aryl methyl sites for hydroxylation is 1. The van der Waals surface area contributed by atoms with Gasteiger partial charge in [-0.2, -0.15) is 5.10 Å². The zero-order valence-corrected chi connectivity index (χ0v) is 8.86. The zero-order chi connectivity index (χ0) is 11.1. The molecule has 0 fully saturated rings. The Morgan fingerprint density at radius 1 is 1.53 bits per heavy atom. The van der Waals surface area contributed by atoms with Crippen molar-refractivity contribution in [1.82, 2.24) is 5.43 Å². The predicted molar refractivity (Wildman–Crippen MR) is 58.9 cm³/mol. The van der Waals surface area contributed by atoms with Crippen molar-refractivity contribution in [3.63, 3.8) is 0 Å². The van der Waals surface area contributed by atoms with Crippen molar-refractivity contribution in [3.05, 3.63) is 35.4 Å². The number of nitrogens with zero attached hydrogens (tertiary/aromatic N) is 1. The Morgan fingerprint density at radius 2 is 2.27 bits per heavy atom. The molecule has 0 atom stereocenters. The Labute approximate surface area is 88.9 Å². The van der Waals surface area contributed by atoms with Gasteiger partial charge in [0.15, 0.2) is 0 Å². The van der Waals surface area contributed by atoms with E-state index >= 15 is 0 Å². The first kappa shape index (κ1) is 11.2. The van der Waals surface area contributed by atoms with Crippen molar-refractivity contribution < 1.29 is 9.53 Å². The van der Waals surface area contributed by atoms with Crippen molar-refractivity contribution in [2.75, 3.05) is 6.61 Å². The van der Waals surface area contributed by atoms with E-state index in [0.717, 1.165) is 11.1 Å². The lowest BCUT2D eigenvalue weighted by molar-refractivity contribution is 0.152. The van der Waals surface area contributed by atoms with E-state index in [1.807, 2.05) is 31.2 Å². The van der Waals surface area contributed by atoms with Crippen LogP contribution in [0.25, 0.3) is 0 Å². The van der Waals surface area contributed by atoms with Crippen LogP contribution in [0.15, 0.2) is 29.4 Å². The number of carbonyl (C=O) groups is 1. The molecule has 4 nitrogen and oxygen atoms in total. The van der Waals surface area contributed by atoms with Gasteiger partial charge in [-0.3, -0.25) is 0 Å². The summed E-state index contributed by atoms with van der Waals surface area (Å²) in [6, 6.07) is 7.77. The van der Waals surface area contributed by atoms with Gasteiger partial charge in [-0.15, -0.1) is 0 Å². The highest BCUT2D eigenvalue weighted by molar-refractivity contribution is 5.82. The van der Waals surface area contributed by atoms with Crippen LogP contribution >= 0.6 is 0 Å². The van der Waals surface area contributed by atoms with Gasteiger partial charge in [-0.1, -0.05) is 24.3 Å². The van der Waals surface area contributed by atoms with E-state index in [1.165, 1.54) is 0 Å². The first-order valence-electron chi connectivity index (χ1n) is 4.75. The molecule has 15 heavy (non-hydrogen) atoms. The van der Waals surface area contributed by atoms with Crippen LogP contribution in [0.4, 0.5) is 4.79 Å². The maximum atomic E-state index is 10.9. The van der Waals surface area contributed by atoms with Gasteiger partial charge in [0.2, 0.25) is 0 Å². The molecule has 0 saturated carbocycles. The highest BCUT2D eigenvalue weighted by atomic mass is 16.5. The van der Waals surface area contributed by atoms with E-state index < -0.39 is 6.09 Å². The number of benzene rings is 1. The first-order chi connectivity index (χ1) is 7.24. The highest BCUT2D eigenvalue weighted by Crippen LogP contribution is 2.02. The molecular formula is C11H14N2O2. The first-order valence-corrected chi connectivity index (χ1v) is 4.75. The molecule has 0 aliphatic heterocycles. The molecule has 0 aliphatic carbocycles. The summed E-state index contributed by atoms with van der Waals surface area (Å²) >= 11 is 0. The molecule has 0 bridgehead atoms. The Morgan fingerprint density at radius 3 is 2.93 bits per heavy atom. The fourth-order valence-electron chi connectivity index (χ4n) is 1.05. The van der Waals surface area contributed by atoms with Crippen molar-refractivity contribution in [2.45, 2.75) is 13.8 Å². The maximum Gasteiger partial charge on any atom is 0.427 e. The van der Waals surface area contributed by atoms with Gasteiger partial charge in [-0.25, -0.2) is 10.2 Å². The molecule has 0 radical (unpaired) electrons. The molecule has 1 rings (SSSR count). The van der Waals surface area contributed by atoms with Crippen LogP contribution < -0.4 is 5.43 Å². The summed E-state index contributed by atoms with van der Waals surface area (Å²) in [4.78, 5) is 10.9. The molecule has 1 N–H and O–H groups in total. The molecule has 1 aromatic rings. The summed E-state index contributed by atoms with van der Waals surface area (Å²) in [5, 5.41) is 3.77. The Hall–Kier alpha value is -1.84. The SMILES string of the molecule is CCOC(=O)NN=Cc1ccccc1C. The average molecular weight is 206 g/mol. The van der Waals surface area contributed by atoms with Gasteiger partial charge in [-0.05, 0) is 25.0 Å². The molecule has 0 heterocycles. The molecule has 0 unspecified atom stereocenters. The van der Waals surface area contributed by atoms with Crippen LogP contribution in [0.2, 0.25) is 0 Å². The number of carbonyl (C=O) groups excluding carboxylic acids is 1. The third-order valence-corrected chi connectivity index (χ3v) is 1.82. The molecular weight excluding hydrogens is 192 g/mol. The lowest BCUT2D eigenvalue weighted by Crippen LogP contribution is -2.18. The number of hydrazone groups is 1. The predicted octanol–water partition coefficient (Wildman–Crippen LogP) is 2.08. The molecule has 0 saturated heterocycles. The topological polar surface area (TPSA) is 50.7 Å². The Kier molecular flexibility index (Phi) is 4.34. The van der Waals surface area contributed by atoms with Crippen molar-refractivity contribution in [2.24, 2.45) is 5.10 Å². The van der Waals surface area contributed by atoms with E-state index in [4.69, 9.17) is 0 Å². The molecule has 1 amide bonds. The fraction of sp³-hybridized carbons (Fsp3) is 0.273. The Bertz CT molecular complexity index is 361. The monoisotopic (exact) mass is 206 g/mol. The van der Waals surface area contributed by atoms with Crippen molar-refractivity contribution >= 4 is 12.3 Å². The van der Waals surface area contributed by atoms with Gasteiger partial charge in [0.05, 0.1) is 12.8 Å². The summed E-state index contributed by atoms with van der Waals surface area (Å²) < 4.78 is 4.65. The minimum atomic E-state index is -0.540. The number of amides is 1. The van der Waals surface area contributed by atoms with Gasteiger partial charge in [0.25, 0.3) is 0 Å². The molecule has 80 valence electrons. The van der Waals surface area contributed by atoms with Crippen LogP contribution in [0.5, 0.6) is 0 Å². The van der Waals surface area contributed by atoms with Crippen LogP contribution in [0.1, 0.15) is 18.1 Å². The van der Waals surface area contributed by atoms with E-state index in [1.54, 1.807) is 13.1 Å². The quantitative estimate of drug-likeness (QED) is 0.608. The largest absolute Gasteiger partial charge is 0.449 e. The smallest absolute Gasteiger partial charge is 0.427 e. The lowest BCUT2D eigenvalue weighted by Gasteiger charge is -2.00. The molecule has 0 aliphatic rings. The summed E-state index contributed by atoms with van der Waals surface area (Å²) in [5.41, 5.74) is 4.34. The number of nitrogens with one attached hydrogen (secondary N) is 1. The van der Waals surface area contributed by atoms with Gasteiger partial charge in [0.1, 0.15) is 0 Å². The zero-order valence-electron chi connectivity index (χ0n) is 8.86. The third-order valence-electron chi connectivity index (χ3n) is 1.82. The highest BCUT2D eigenvalue weighted by Gasteiger charge is 1.96. The summed E-state index contributed by atoms with van der Waals surface area (Å²) in [7, 11) is 0. The Balaban J connectivity index is 2.52. The molecule has 4 heteroatoms. The number of hydrogen-bond donors (Lipinski definition) is 1. The normalized spacial score (nSPS) is 10.3.